The van der Waals surface area contributed by atoms with Crippen LogP contribution in [0.1, 0.15) is 27.7 Å². The molecule has 1 N–H and O–H groups in total. The maximum Gasteiger partial charge on any atom is 0.410 e. The highest BCUT2D eigenvalue weighted by atomic mass is 19.3. The lowest BCUT2D eigenvalue weighted by Crippen LogP contribution is -2.40. The van der Waals surface area contributed by atoms with Crippen LogP contribution in [0.5, 0.6) is 0 Å². The standard InChI is InChI=1S/C11H19F2NO3/c1-9(2,3)17-8(16)14-5-10(4,7-15)11(12,13)6-14/h15H,5-7H2,1-4H3. The Morgan fingerprint density at radius 3 is 2.29 bits per heavy atom. The first-order chi connectivity index (χ1) is 7.51. The molecule has 0 aromatic rings. The first-order valence-electron chi connectivity index (χ1n) is 5.47. The number of amides is 1. The van der Waals surface area contributed by atoms with E-state index in [1.54, 1.807) is 20.8 Å². The number of alkyl halides is 2. The molecule has 100 valence electrons. The Kier molecular flexibility index (Phi) is 3.40. The zero-order valence-corrected chi connectivity index (χ0v) is 10.6. The molecule has 0 bridgehead atoms. The van der Waals surface area contributed by atoms with Gasteiger partial charge in [-0.3, -0.25) is 0 Å². The lowest BCUT2D eigenvalue weighted by Gasteiger charge is -2.27. The van der Waals surface area contributed by atoms with Gasteiger partial charge in [0.1, 0.15) is 5.60 Å². The summed E-state index contributed by atoms with van der Waals surface area (Å²) in [6, 6.07) is 0. The molecule has 4 nitrogen and oxygen atoms in total. The minimum absolute atomic E-state index is 0.203. The monoisotopic (exact) mass is 251 g/mol. The third-order valence-electron chi connectivity index (χ3n) is 2.81. The molecule has 0 aromatic carbocycles. The van der Waals surface area contributed by atoms with Crippen LogP contribution < -0.4 is 0 Å². The highest BCUT2D eigenvalue weighted by Gasteiger charge is 2.58. The van der Waals surface area contributed by atoms with E-state index in [2.05, 4.69) is 0 Å². The normalized spacial score (nSPS) is 28.3. The van der Waals surface area contributed by atoms with Gasteiger partial charge in [-0.2, -0.15) is 0 Å². The predicted octanol–water partition coefficient (Wildman–Crippen LogP) is 1.87. The quantitative estimate of drug-likeness (QED) is 0.774. The Bertz CT molecular complexity index is 314. The smallest absolute Gasteiger partial charge is 0.410 e. The van der Waals surface area contributed by atoms with Crippen LogP contribution in [0, 0.1) is 5.41 Å². The number of rotatable bonds is 1. The molecule has 1 aliphatic heterocycles. The second-order valence-electron chi connectivity index (χ2n) is 5.76. The van der Waals surface area contributed by atoms with Crippen molar-refractivity contribution in [1.82, 2.24) is 4.90 Å². The second-order valence-corrected chi connectivity index (χ2v) is 5.76. The lowest BCUT2D eigenvalue weighted by atomic mass is 9.87. The van der Waals surface area contributed by atoms with Crippen molar-refractivity contribution in [3.8, 4) is 0 Å². The molecule has 0 aromatic heterocycles. The maximum atomic E-state index is 13.6. The topological polar surface area (TPSA) is 49.8 Å². The summed E-state index contributed by atoms with van der Waals surface area (Å²) in [6.45, 7) is 4.69. The van der Waals surface area contributed by atoms with Gasteiger partial charge in [-0.25, -0.2) is 13.6 Å². The Balaban J connectivity index is 2.76. The van der Waals surface area contributed by atoms with Crippen LogP contribution >= 0.6 is 0 Å². The molecule has 1 aliphatic rings. The van der Waals surface area contributed by atoms with Crippen molar-refractivity contribution < 1.29 is 23.4 Å². The fourth-order valence-electron chi connectivity index (χ4n) is 1.64. The van der Waals surface area contributed by atoms with Gasteiger partial charge in [-0.05, 0) is 27.7 Å². The SMILES string of the molecule is CC(C)(C)OC(=O)N1CC(F)(F)C(C)(CO)C1. The molecule has 0 spiro atoms. The Labute approximate surface area is 99.5 Å². The number of halogens is 2. The van der Waals surface area contributed by atoms with Crippen LogP contribution in [0.4, 0.5) is 13.6 Å². The molecule has 1 saturated heterocycles. The molecular weight excluding hydrogens is 232 g/mol. The molecule has 1 amide bonds. The van der Waals surface area contributed by atoms with Gasteiger partial charge >= 0.3 is 6.09 Å². The zero-order chi connectivity index (χ0) is 13.5. The van der Waals surface area contributed by atoms with E-state index in [-0.39, 0.29) is 6.54 Å². The van der Waals surface area contributed by atoms with E-state index in [0.29, 0.717) is 0 Å². The van der Waals surface area contributed by atoms with Crippen molar-refractivity contribution in [2.24, 2.45) is 5.41 Å². The molecule has 17 heavy (non-hydrogen) atoms. The molecule has 1 atom stereocenters. The maximum absolute atomic E-state index is 13.6. The summed E-state index contributed by atoms with van der Waals surface area (Å²) in [5.74, 6) is -3.10. The predicted molar refractivity (Wildman–Crippen MR) is 57.9 cm³/mol. The number of aliphatic hydroxyl groups excluding tert-OH is 1. The molecule has 1 rings (SSSR count). The van der Waals surface area contributed by atoms with Gasteiger partial charge in [0, 0.05) is 6.54 Å². The van der Waals surface area contributed by atoms with Gasteiger partial charge in [0.15, 0.2) is 0 Å². The number of hydrogen-bond acceptors (Lipinski definition) is 3. The minimum Gasteiger partial charge on any atom is -0.444 e. The molecule has 6 heteroatoms. The van der Waals surface area contributed by atoms with Crippen LogP contribution in [-0.2, 0) is 4.74 Å². The van der Waals surface area contributed by atoms with Crippen LogP contribution in [0.25, 0.3) is 0 Å². The van der Waals surface area contributed by atoms with Gasteiger partial charge in [0.25, 0.3) is 5.92 Å². The number of ether oxygens (including phenoxy) is 1. The van der Waals surface area contributed by atoms with Crippen LogP contribution in [0.15, 0.2) is 0 Å². The van der Waals surface area contributed by atoms with Crippen molar-refractivity contribution in [3.05, 3.63) is 0 Å². The molecule has 1 heterocycles. The van der Waals surface area contributed by atoms with E-state index in [4.69, 9.17) is 9.84 Å². The molecule has 0 aliphatic carbocycles. The molecule has 0 radical (unpaired) electrons. The summed E-state index contributed by atoms with van der Waals surface area (Å²) in [6.07, 6.45) is -0.769. The average molecular weight is 251 g/mol. The average Bonchev–Trinajstić information content (AvgIpc) is 2.36. The van der Waals surface area contributed by atoms with Crippen LogP contribution in [0.3, 0.4) is 0 Å². The Hall–Kier alpha value is -0.910. The number of nitrogens with zero attached hydrogens (tertiary/aromatic N) is 1. The second kappa shape index (κ2) is 4.08. The summed E-state index contributed by atoms with van der Waals surface area (Å²) < 4.78 is 32.3. The Morgan fingerprint density at radius 2 is 1.94 bits per heavy atom. The molecule has 1 fully saturated rings. The summed E-state index contributed by atoms with van der Waals surface area (Å²) in [4.78, 5) is 12.6. The van der Waals surface area contributed by atoms with E-state index in [9.17, 15) is 13.6 Å². The summed E-state index contributed by atoms with van der Waals surface area (Å²) in [5.41, 5.74) is -2.31. The fourth-order valence-corrected chi connectivity index (χ4v) is 1.64. The van der Waals surface area contributed by atoms with Gasteiger partial charge < -0.3 is 14.7 Å². The zero-order valence-electron chi connectivity index (χ0n) is 10.6. The van der Waals surface area contributed by atoms with Gasteiger partial charge in [-0.15, -0.1) is 0 Å². The molecule has 1 unspecified atom stereocenters. The van der Waals surface area contributed by atoms with Crippen molar-refractivity contribution in [2.75, 3.05) is 19.7 Å². The van der Waals surface area contributed by atoms with Crippen LogP contribution in [-0.4, -0.2) is 47.3 Å². The number of likely N-dealkylation sites (tertiary alicyclic amines) is 1. The summed E-state index contributed by atoms with van der Waals surface area (Å²) in [7, 11) is 0. The van der Waals surface area contributed by atoms with E-state index in [0.717, 1.165) is 4.90 Å². The van der Waals surface area contributed by atoms with Crippen molar-refractivity contribution in [2.45, 2.75) is 39.2 Å². The van der Waals surface area contributed by atoms with Crippen molar-refractivity contribution in [3.63, 3.8) is 0 Å². The fraction of sp³-hybridized carbons (Fsp3) is 0.909. The van der Waals surface area contributed by atoms with Gasteiger partial charge in [-0.1, -0.05) is 0 Å². The lowest BCUT2D eigenvalue weighted by molar-refractivity contribution is -0.0964. The molecule has 0 saturated carbocycles. The van der Waals surface area contributed by atoms with Gasteiger partial charge in [0.2, 0.25) is 0 Å². The number of carbonyl (C=O) groups excluding carboxylic acids is 1. The van der Waals surface area contributed by atoms with Crippen molar-refractivity contribution in [1.29, 1.82) is 0 Å². The van der Waals surface area contributed by atoms with E-state index < -0.39 is 36.2 Å². The summed E-state index contributed by atoms with van der Waals surface area (Å²) in [5, 5.41) is 9.03. The highest BCUT2D eigenvalue weighted by molar-refractivity contribution is 5.69. The van der Waals surface area contributed by atoms with E-state index in [1.807, 2.05) is 0 Å². The van der Waals surface area contributed by atoms with E-state index >= 15 is 0 Å². The van der Waals surface area contributed by atoms with Crippen LogP contribution in [0.2, 0.25) is 0 Å². The molecular formula is C11H19F2NO3. The largest absolute Gasteiger partial charge is 0.444 e. The first kappa shape index (κ1) is 14.2. The number of hydrogen-bond donors (Lipinski definition) is 1. The van der Waals surface area contributed by atoms with Crippen molar-refractivity contribution >= 4 is 6.09 Å². The number of aliphatic hydroxyl groups is 1. The van der Waals surface area contributed by atoms with Gasteiger partial charge in [0.05, 0.1) is 18.6 Å². The first-order valence-corrected chi connectivity index (χ1v) is 5.47. The van der Waals surface area contributed by atoms with E-state index in [1.165, 1.54) is 6.92 Å². The third-order valence-corrected chi connectivity index (χ3v) is 2.81. The number of carbonyl (C=O) groups is 1. The Morgan fingerprint density at radius 1 is 1.41 bits per heavy atom. The minimum atomic E-state index is -3.10. The highest BCUT2D eigenvalue weighted by Crippen LogP contribution is 2.43. The third kappa shape index (κ3) is 2.86. The summed E-state index contributed by atoms with van der Waals surface area (Å²) >= 11 is 0.